The Morgan fingerprint density at radius 2 is 0.947 bits per heavy atom. The van der Waals surface area contributed by atoms with Gasteiger partial charge in [0, 0.05) is 0 Å². The minimum Gasteiger partial charge on any atom is -0.386 e. The van der Waals surface area contributed by atoms with Crippen LogP contribution < -0.4 is 0 Å². The van der Waals surface area contributed by atoms with Gasteiger partial charge in [0.05, 0.1) is 11.1 Å². The predicted octanol–water partition coefficient (Wildman–Crippen LogP) is 3.17. The van der Waals surface area contributed by atoms with E-state index in [-0.39, 0.29) is 0 Å². The van der Waals surface area contributed by atoms with Crippen LogP contribution in [0.2, 0.25) is 0 Å². The zero-order chi connectivity index (χ0) is 13.2. The van der Waals surface area contributed by atoms with E-state index in [9.17, 15) is 9.59 Å². The topological polar surface area (TPSA) is 43.4 Å². The van der Waals surface area contributed by atoms with Crippen LogP contribution in [0, 0.1) is 0 Å². The zero-order valence-electron chi connectivity index (χ0n) is 10.00. The van der Waals surface area contributed by atoms with E-state index in [1.807, 2.05) is 36.4 Å². The van der Waals surface area contributed by atoms with E-state index in [0.717, 1.165) is 11.1 Å². The first-order chi connectivity index (χ1) is 9.22. The molecule has 0 unspecified atom stereocenters. The Morgan fingerprint density at radius 1 is 0.579 bits per heavy atom. The maximum atomic E-state index is 11.8. The highest BCUT2D eigenvalue weighted by Crippen LogP contribution is 2.14. The normalized spacial score (nSPS) is 13.7. The first-order valence-electron chi connectivity index (χ1n) is 5.87. The summed E-state index contributed by atoms with van der Waals surface area (Å²) in [6.07, 6.45) is 3.90. The lowest BCUT2D eigenvalue weighted by molar-refractivity contribution is 0.0398. The lowest BCUT2D eigenvalue weighted by Crippen LogP contribution is -2.12. The first kappa shape index (κ1) is 11.4. The minimum absolute atomic E-state index is 0.362. The average molecular weight is 250 g/mol. The van der Waals surface area contributed by atoms with Gasteiger partial charge < -0.3 is 4.74 Å². The van der Waals surface area contributed by atoms with Crippen molar-refractivity contribution in [3.8, 4) is 0 Å². The van der Waals surface area contributed by atoms with Crippen LogP contribution in [0.5, 0.6) is 0 Å². The zero-order valence-corrected chi connectivity index (χ0v) is 10.00. The van der Waals surface area contributed by atoms with Crippen LogP contribution in [-0.2, 0) is 4.74 Å². The molecule has 0 aromatic heterocycles. The van der Waals surface area contributed by atoms with Gasteiger partial charge in [-0.3, -0.25) is 0 Å². The highest BCUT2D eigenvalue weighted by molar-refractivity contribution is 6.02. The molecular weight excluding hydrogens is 240 g/mol. The van der Waals surface area contributed by atoms with Gasteiger partial charge in [0.25, 0.3) is 0 Å². The highest BCUT2D eigenvalue weighted by atomic mass is 16.6. The summed E-state index contributed by atoms with van der Waals surface area (Å²) in [7, 11) is 0. The van der Waals surface area contributed by atoms with E-state index < -0.39 is 11.9 Å². The van der Waals surface area contributed by atoms with Crippen LogP contribution in [0.15, 0.2) is 48.5 Å². The molecule has 0 aliphatic carbocycles. The summed E-state index contributed by atoms with van der Waals surface area (Å²) in [6.45, 7) is 0. The summed E-state index contributed by atoms with van der Waals surface area (Å²) in [5.41, 5.74) is 2.68. The van der Waals surface area contributed by atoms with Gasteiger partial charge in [0.1, 0.15) is 0 Å². The van der Waals surface area contributed by atoms with Crippen molar-refractivity contribution in [1.29, 1.82) is 0 Å². The fraction of sp³-hybridized carbons (Fsp3) is 0. The lowest BCUT2D eigenvalue weighted by atomic mass is 10.1. The summed E-state index contributed by atoms with van der Waals surface area (Å²) in [6, 6.07) is 13.8. The van der Waals surface area contributed by atoms with Crippen molar-refractivity contribution in [3.05, 3.63) is 70.8 Å². The summed E-state index contributed by atoms with van der Waals surface area (Å²) in [4.78, 5) is 23.6. The van der Waals surface area contributed by atoms with Gasteiger partial charge in [-0.25, -0.2) is 9.59 Å². The van der Waals surface area contributed by atoms with Crippen LogP contribution in [0.3, 0.4) is 0 Å². The Morgan fingerprint density at radius 3 is 1.32 bits per heavy atom. The third-order valence-corrected chi connectivity index (χ3v) is 2.95. The van der Waals surface area contributed by atoms with Crippen molar-refractivity contribution in [2.24, 2.45) is 0 Å². The monoisotopic (exact) mass is 250 g/mol. The van der Waals surface area contributed by atoms with E-state index in [1.165, 1.54) is 0 Å². The smallest absolute Gasteiger partial charge is 0.346 e. The molecule has 0 amide bonds. The van der Waals surface area contributed by atoms with Gasteiger partial charge in [0.15, 0.2) is 0 Å². The number of carbonyl (C=O) groups excluding carboxylic acids is 2. The largest absolute Gasteiger partial charge is 0.386 e. The molecule has 4 aliphatic heterocycles. The second kappa shape index (κ2) is 4.53. The van der Waals surface area contributed by atoms with Gasteiger partial charge in [-0.15, -0.1) is 0 Å². The Kier molecular flexibility index (Phi) is 2.72. The van der Waals surface area contributed by atoms with Crippen LogP contribution in [0.4, 0.5) is 0 Å². The lowest BCUT2D eigenvalue weighted by Gasteiger charge is -2.03. The molecule has 2 aromatic carbocycles. The summed E-state index contributed by atoms with van der Waals surface area (Å²) >= 11 is 0. The molecular formula is C16H10O3. The molecule has 4 heterocycles. The quantitative estimate of drug-likeness (QED) is 0.532. The number of esters is 2. The number of ether oxygens (including phenoxy) is 1. The van der Waals surface area contributed by atoms with Gasteiger partial charge in [0.2, 0.25) is 0 Å². The van der Waals surface area contributed by atoms with Crippen molar-refractivity contribution < 1.29 is 14.3 Å². The fourth-order valence-corrected chi connectivity index (χ4v) is 1.86. The molecule has 0 atom stereocenters. The van der Waals surface area contributed by atoms with Gasteiger partial charge in [-0.2, -0.15) is 0 Å². The molecule has 19 heavy (non-hydrogen) atoms. The highest BCUT2D eigenvalue weighted by Gasteiger charge is 2.15. The molecule has 2 aromatic rings. The Balaban J connectivity index is 2.12. The molecule has 3 nitrogen and oxygen atoms in total. The second-order valence-electron chi connectivity index (χ2n) is 4.25. The molecule has 4 bridgehead atoms. The van der Waals surface area contributed by atoms with Crippen molar-refractivity contribution in [1.82, 2.24) is 0 Å². The standard InChI is InChI=1S/C16H10O3/c17-15-13-7-3-11(4-8-13)1-2-12-5-9-14(10-6-12)16(18)19-15/h1-10H. The minimum atomic E-state index is -0.635. The Bertz CT molecular complexity index is 605. The molecule has 4 aliphatic rings. The number of carbonyl (C=O) groups is 2. The molecule has 0 radical (unpaired) electrons. The van der Waals surface area contributed by atoms with Gasteiger partial charge >= 0.3 is 11.9 Å². The Labute approximate surface area is 110 Å². The number of hydrogen-bond acceptors (Lipinski definition) is 3. The third kappa shape index (κ3) is 2.31. The van der Waals surface area contributed by atoms with Crippen LogP contribution >= 0.6 is 0 Å². The number of hydrogen-bond donors (Lipinski definition) is 0. The molecule has 0 fully saturated rings. The van der Waals surface area contributed by atoms with Crippen molar-refractivity contribution >= 4 is 24.1 Å². The van der Waals surface area contributed by atoms with Crippen molar-refractivity contribution in [2.75, 3.05) is 0 Å². The molecule has 6 rings (SSSR count). The molecule has 0 N–H and O–H groups in total. The summed E-state index contributed by atoms with van der Waals surface area (Å²) in [5, 5.41) is 0. The van der Waals surface area contributed by atoms with Crippen LogP contribution in [0.1, 0.15) is 31.8 Å². The summed E-state index contributed by atoms with van der Waals surface area (Å²) in [5.74, 6) is -1.27. The van der Waals surface area contributed by atoms with E-state index in [0.29, 0.717) is 11.1 Å². The van der Waals surface area contributed by atoms with Gasteiger partial charge in [-0.1, -0.05) is 36.4 Å². The van der Waals surface area contributed by atoms with E-state index >= 15 is 0 Å². The van der Waals surface area contributed by atoms with Gasteiger partial charge in [-0.05, 0) is 35.4 Å². The van der Waals surface area contributed by atoms with E-state index in [1.54, 1.807) is 24.3 Å². The molecule has 0 spiro atoms. The SMILES string of the molecule is O=C1OC(=O)c2ccc(cc2)C=Cc2ccc1cc2. The maximum Gasteiger partial charge on any atom is 0.346 e. The third-order valence-electron chi connectivity index (χ3n) is 2.95. The molecule has 0 saturated heterocycles. The van der Waals surface area contributed by atoms with E-state index in [2.05, 4.69) is 0 Å². The van der Waals surface area contributed by atoms with Crippen molar-refractivity contribution in [3.63, 3.8) is 0 Å². The van der Waals surface area contributed by atoms with Crippen LogP contribution in [-0.4, -0.2) is 11.9 Å². The predicted molar refractivity (Wildman–Crippen MR) is 71.6 cm³/mol. The Hall–Kier alpha value is -2.68. The molecule has 3 heteroatoms. The first-order valence-corrected chi connectivity index (χ1v) is 5.87. The summed E-state index contributed by atoms with van der Waals surface area (Å²) < 4.78 is 4.82. The molecule has 0 saturated carbocycles. The van der Waals surface area contributed by atoms with E-state index in [4.69, 9.17) is 4.74 Å². The number of rotatable bonds is 0. The average Bonchev–Trinajstić information content (AvgIpc) is 2.47. The van der Waals surface area contributed by atoms with Crippen LogP contribution in [0.25, 0.3) is 12.2 Å². The number of benzene rings is 2. The maximum absolute atomic E-state index is 11.8. The second-order valence-corrected chi connectivity index (χ2v) is 4.25. The fourth-order valence-electron chi connectivity index (χ4n) is 1.86. The molecule has 92 valence electrons. The van der Waals surface area contributed by atoms with Crippen molar-refractivity contribution in [2.45, 2.75) is 0 Å².